The highest BCUT2D eigenvalue weighted by atomic mass is 19.1. The molecule has 3 amide bonds. The minimum absolute atomic E-state index is 0.0805. The number of carbonyl (C=O) groups is 3. The molecular weight excluding hydrogens is 373 g/mol. The molecule has 2 aliphatic heterocycles. The van der Waals surface area contributed by atoms with Crippen LogP contribution in [0.15, 0.2) is 42.5 Å². The van der Waals surface area contributed by atoms with Crippen LogP contribution in [0.25, 0.3) is 0 Å². The highest BCUT2D eigenvalue weighted by Crippen LogP contribution is 2.26. The van der Waals surface area contributed by atoms with Crippen LogP contribution in [0.3, 0.4) is 0 Å². The number of halogens is 1. The fourth-order valence-corrected chi connectivity index (χ4v) is 3.91. The first-order chi connectivity index (χ1) is 14.0. The summed E-state index contributed by atoms with van der Waals surface area (Å²) in [6, 6.07) is 11.6. The van der Waals surface area contributed by atoms with Gasteiger partial charge in [0.2, 0.25) is 5.91 Å². The number of anilines is 2. The molecule has 2 heterocycles. The summed E-state index contributed by atoms with van der Waals surface area (Å²) in [6.07, 6.45) is 2.78. The number of likely N-dealkylation sites (tertiary alicyclic amines) is 1. The number of hydrogen-bond acceptors (Lipinski definition) is 3. The average Bonchev–Trinajstić information content (AvgIpc) is 3.09. The number of nitrogens with zero attached hydrogens (tertiary/aromatic N) is 1. The fraction of sp³-hybridized carbons (Fsp3) is 0.318. The first kappa shape index (κ1) is 19.1. The first-order valence-electron chi connectivity index (χ1n) is 9.75. The number of hydrogen-bond donors (Lipinski definition) is 2. The lowest BCUT2D eigenvalue weighted by Crippen LogP contribution is -2.44. The van der Waals surface area contributed by atoms with Crippen LogP contribution in [0.1, 0.15) is 24.0 Å². The molecule has 0 saturated carbocycles. The molecule has 0 spiro atoms. The SMILES string of the molecule is O=C1Cc2ccc(NC(=O)C(=O)N3CCC(Cc4ccc(F)cc4)CC3)cc2N1. The van der Waals surface area contributed by atoms with Gasteiger partial charge in [0.1, 0.15) is 5.82 Å². The normalized spacial score (nSPS) is 16.3. The summed E-state index contributed by atoms with van der Waals surface area (Å²) in [5.74, 6) is -1.14. The molecule has 0 aliphatic carbocycles. The van der Waals surface area contributed by atoms with Crippen molar-refractivity contribution in [3.8, 4) is 0 Å². The van der Waals surface area contributed by atoms with Gasteiger partial charge in [-0.05, 0) is 60.6 Å². The fourth-order valence-electron chi connectivity index (χ4n) is 3.91. The maximum absolute atomic E-state index is 13.0. The standard InChI is InChI=1S/C22H22FN3O3/c23-17-4-1-14(2-5-17)11-15-7-9-26(10-8-15)22(29)21(28)24-18-6-3-16-12-20(27)25-19(16)13-18/h1-6,13,15H,7-12H2,(H,24,28)(H,25,27). The second kappa shape index (κ2) is 8.03. The minimum Gasteiger partial charge on any atom is -0.334 e. The van der Waals surface area contributed by atoms with Crippen molar-refractivity contribution >= 4 is 29.1 Å². The third-order valence-corrected chi connectivity index (χ3v) is 5.53. The van der Waals surface area contributed by atoms with Crippen LogP contribution in [-0.2, 0) is 27.2 Å². The van der Waals surface area contributed by atoms with Gasteiger partial charge >= 0.3 is 11.8 Å². The van der Waals surface area contributed by atoms with Gasteiger partial charge < -0.3 is 15.5 Å². The molecule has 2 aromatic rings. The van der Waals surface area contributed by atoms with Crippen molar-refractivity contribution in [1.82, 2.24) is 4.90 Å². The smallest absolute Gasteiger partial charge is 0.313 e. The van der Waals surface area contributed by atoms with E-state index in [-0.39, 0.29) is 11.7 Å². The quantitative estimate of drug-likeness (QED) is 0.785. The lowest BCUT2D eigenvalue weighted by molar-refractivity contribution is -0.144. The van der Waals surface area contributed by atoms with Gasteiger partial charge in [-0.1, -0.05) is 18.2 Å². The number of nitrogens with one attached hydrogen (secondary N) is 2. The molecule has 0 unspecified atom stereocenters. The zero-order chi connectivity index (χ0) is 20.4. The Hall–Kier alpha value is -3.22. The van der Waals surface area contributed by atoms with Crippen molar-refractivity contribution in [2.24, 2.45) is 5.92 Å². The van der Waals surface area contributed by atoms with Crippen molar-refractivity contribution in [1.29, 1.82) is 0 Å². The van der Waals surface area contributed by atoms with Crippen LogP contribution in [-0.4, -0.2) is 35.7 Å². The molecule has 1 fully saturated rings. The van der Waals surface area contributed by atoms with Crippen LogP contribution in [0, 0.1) is 11.7 Å². The van der Waals surface area contributed by atoms with Crippen LogP contribution in [0.5, 0.6) is 0 Å². The number of fused-ring (bicyclic) bond motifs is 1. The Kier molecular flexibility index (Phi) is 5.29. The van der Waals surface area contributed by atoms with Crippen molar-refractivity contribution in [2.45, 2.75) is 25.7 Å². The Bertz CT molecular complexity index is 950. The number of benzene rings is 2. The van der Waals surface area contributed by atoms with E-state index < -0.39 is 11.8 Å². The molecular formula is C22H22FN3O3. The van der Waals surface area contributed by atoms with Crippen LogP contribution >= 0.6 is 0 Å². The van der Waals surface area contributed by atoms with Crippen LogP contribution in [0.4, 0.5) is 15.8 Å². The van der Waals surface area contributed by atoms with Crippen molar-refractivity contribution < 1.29 is 18.8 Å². The lowest BCUT2D eigenvalue weighted by Gasteiger charge is -2.31. The van der Waals surface area contributed by atoms with Gasteiger partial charge in [-0.2, -0.15) is 0 Å². The topological polar surface area (TPSA) is 78.5 Å². The molecule has 1 saturated heterocycles. The zero-order valence-corrected chi connectivity index (χ0v) is 15.9. The lowest BCUT2D eigenvalue weighted by atomic mass is 9.90. The molecule has 150 valence electrons. The van der Waals surface area contributed by atoms with E-state index in [2.05, 4.69) is 10.6 Å². The molecule has 0 aromatic heterocycles. The van der Waals surface area contributed by atoms with Gasteiger partial charge in [0.15, 0.2) is 0 Å². The number of carbonyl (C=O) groups excluding carboxylic acids is 3. The first-order valence-corrected chi connectivity index (χ1v) is 9.75. The maximum Gasteiger partial charge on any atom is 0.313 e. The van der Waals surface area contributed by atoms with E-state index in [0.29, 0.717) is 36.8 Å². The van der Waals surface area contributed by atoms with Gasteiger partial charge in [0, 0.05) is 24.5 Å². The largest absolute Gasteiger partial charge is 0.334 e. The Balaban J connectivity index is 1.29. The van der Waals surface area contributed by atoms with Crippen LogP contribution in [0.2, 0.25) is 0 Å². The molecule has 29 heavy (non-hydrogen) atoms. The predicted octanol–water partition coefficient (Wildman–Crippen LogP) is 2.74. The molecule has 2 N–H and O–H groups in total. The van der Waals surface area contributed by atoms with Crippen molar-refractivity contribution in [3.63, 3.8) is 0 Å². The van der Waals surface area contributed by atoms with E-state index in [1.807, 2.05) is 0 Å². The second-order valence-electron chi connectivity index (χ2n) is 7.62. The second-order valence-corrected chi connectivity index (χ2v) is 7.62. The molecule has 0 bridgehead atoms. The summed E-state index contributed by atoms with van der Waals surface area (Å²) < 4.78 is 13.0. The van der Waals surface area contributed by atoms with Gasteiger partial charge in [-0.15, -0.1) is 0 Å². The highest BCUT2D eigenvalue weighted by Gasteiger charge is 2.27. The minimum atomic E-state index is -0.675. The van der Waals surface area contributed by atoms with Gasteiger partial charge in [-0.3, -0.25) is 14.4 Å². The van der Waals surface area contributed by atoms with E-state index in [1.54, 1.807) is 35.2 Å². The van der Waals surface area contributed by atoms with Gasteiger partial charge in [0.05, 0.1) is 6.42 Å². The number of piperidine rings is 1. The van der Waals surface area contributed by atoms with Crippen LogP contribution < -0.4 is 10.6 Å². The summed E-state index contributed by atoms with van der Waals surface area (Å²) in [6.45, 7) is 1.05. The molecule has 0 radical (unpaired) electrons. The Morgan fingerprint density at radius 1 is 1.10 bits per heavy atom. The van der Waals surface area contributed by atoms with E-state index in [1.165, 1.54) is 12.1 Å². The summed E-state index contributed by atoms with van der Waals surface area (Å²) in [5, 5.41) is 5.35. The number of amides is 3. The van der Waals surface area contributed by atoms with Gasteiger partial charge in [0.25, 0.3) is 0 Å². The highest BCUT2D eigenvalue weighted by molar-refractivity contribution is 6.39. The van der Waals surface area contributed by atoms with Gasteiger partial charge in [-0.25, -0.2) is 4.39 Å². The predicted molar refractivity (Wildman–Crippen MR) is 107 cm³/mol. The Morgan fingerprint density at radius 2 is 1.83 bits per heavy atom. The van der Waals surface area contributed by atoms with Crippen molar-refractivity contribution in [3.05, 3.63) is 59.4 Å². The van der Waals surface area contributed by atoms with E-state index >= 15 is 0 Å². The third kappa shape index (κ3) is 4.45. The summed E-state index contributed by atoms with van der Waals surface area (Å²) in [5.41, 5.74) is 3.11. The zero-order valence-electron chi connectivity index (χ0n) is 15.9. The van der Waals surface area contributed by atoms with E-state index in [4.69, 9.17) is 0 Å². The molecule has 7 heteroatoms. The third-order valence-electron chi connectivity index (χ3n) is 5.53. The maximum atomic E-state index is 13.0. The van der Waals surface area contributed by atoms with E-state index in [0.717, 1.165) is 30.4 Å². The molecule has 6 nitrogen and oxygen atoms in total. The van der Waals surface area contributed by atoms with E-state index in [9.17, 15) is 18.8 Å². The molecule has 2 aromatic carbocycles. The monoisotopic (exact) mass is 395 g/mol. The molecule has 4 rings (SSSR count). The van der Waals surface area contributed by atoms with Crippen molar-refractivity contribution in [2.75, 3.05) is 23.7 Å². The summed E-state index contributed by atoms with van der Waals surface area (Å²) in [7, 11) is 0. The summed E-state index contributed by atoms with van der Waals surface area (Å²) in [4.78, 5) is 37.9. The molecule has 2 aliphatic rings. The molecule has 0 atom stereocenters. The summed E-state index contributed by atoms with van der Waals surface area (Å²) >= 11 is 0. The average molecular weight is 395 g/mol. The number of rotatable bonds is 3. The Labute approximate surface area is 168 Å². The Morgan fingerprint density at radius 3 is 2.55 bits per heavy atom.